The van der Waals surface area contributed by atoms with Crippen LogP contribution in [-0.4, -0.2) is 11.9 Å². The molecule has 0 radical (unpaired) electrons. The number of hydrogen-bond donors (Lipinski definition) is 3. The SMILES string of the molecule is CC1(C)C[C@@H]1C(=O)NN=C(N)N. The standard InChI is InChI=1S/C7H14N4O/c1-7(2)3-4(7)5(12)10-11-6(8)9/h4H,3H2,1-2H3,(H,10,12)(H4,8,9,11)/t4-/m1/s1. The van der Waals surface area contributed by atoms with Crippen molar-refractivity contribution in [1.82, 2.24) is 5.43 Å². The van der Waals surface area contributed by atoms with Gasteiger partial charge in [0.2, 0.25) is 11.9 Å². The minimum atomic E-state index is -0.123. The van der Waals surface area contributed by atoms with E-state index in [2.05, 4.69) is 10.5 Å². The van der Waals surface area contributed by atoms with Crippen LogP contribution in [0.25, 0.3) is 0 Å². The van der Waals surface area contributed by atoms with Gasteiger partial charge in [0.1, 0.15) is 0 Å². The van der Waals surface area contributed by atoms with Crippen LogP contribution in [0.2, 0.25) is 0 Å². The van der Waals surface area contributed by atoms with Gasteiger partial charge in [-0.25, -0.2) is 5.43 Å². The van der Waals surface area contributed by atoms with Crippen LogP contribution in [0.3, 0.4) is 0 Å². The maximum absolute atomic E-state index is 11.2. The Morgan fingerprint density at radius 2 is 2.08 bits per heavy atom. The number of rotatable bonds is 2. The molecule has 1 atom stereocenters. The predicted octanol–water partition coefficient (Wildman–Crippen LogP) is -0.663. The van der Waals surface area contributed by atoms with Gasteiger partial charge in [-0.1, -0.05) is 13.8 Å². The Labute approximate surface area is 71.2 Å². The summed E-state index contributed by atoms with van der Waals surface area (Å²) >= 11 is 0. The monoisotopic (exact) mass is 170 g/mol. The predicted molar refractivity (Wildman–Crippen MR) is 45.8 cm³/mol. The highest BCUT2D eigenvalue weighted by Crippen LogP contribution is 2.51. The molecular formula is C7H14N4O. The van der Waals surface area contributed by atoms with E-state index in [0.29, 0.717) is 0 Å². The number of hydrogen-bond acceptors (Lipinski definition) is 2. The molecule has 0 spiro atoms. The lowest BCUT2D eigenvalue weighted by atomic mass is 10.1. The van der Waals surface area contributed by atoms with Gasteiger partial charge in [0, 0.05) is 5.92 Å². The van der Waals surface area contributed by atoms with Crippen molar-refractivity contribution in [3.63, 3.8) is 0 Å². The second-order valence-corrected chi connectivity index (χ2v) is 3.76. The number of amides is 1. The van der Waals surface area contributed by atoms with Gasteiger partial charge in [-0.05, 0) is 11.8 Å². The highest BCUT2D eigenvalue weighted by Gasteiger charge is 2.50. The molecule has 12 heavy (non-hydrogen) atoms. The minimum Gasteiger partial charge on any atom is -0.369 e. The van der Waals surface area contributed by atoms with E-state index >= 15 is 0 Å². The van der Waals surface area contributed by atoms with Crippen molar-refractivity contribution in [3.8, 4) is 0 Å². The van der Waals surface area contributed by atoms with Crippen LogP contribution in [0.1, 0.15) is 20.3 Å². The molecule has 0 unspecified atom stereocenters. The van der Waals surface area contributed by atoms with Crippen LogP contribution in [0, 0.1) is 11.3 Å². The average molecular weight is 170 g/mol. The lowest BCUT2D eigenvalue weighted by Gasteiger charge is -2.01. The van der Waals surface area contributed by atoms with Gasteiger partial charge in [-0.3, -0.25) is 4.79 Å². The van der Waals surface area contributed by atoms with Crippen molar-refractivity contribution in [1.29, 1.82) is 0 Å². The Morgan fingerprint density at radius 3 is 2.42 bits per heavy atom. The molecule has 0 aromatic rings. The van der Waals surface area contributed by atoms with Gasteiger partial charge < -0.3 is 11.5 Å². The van der Waals surface area contributed by atoms with E-state index in [1.807, 2.05) is 13.8 Å². The molecule has 1 rings (SSSR count). The van der Waals surface area contributed by atoms with Crippen LogP contribution >= 0.6 is 0 Å². The molecular weight excluding hydrogens is 156 g/mol. The van der Waals surface area contributed by atoms with E-state index in [1.54, 1.807) is 0 Å². The molecule has 1 aliphatic rings. The zero-order valence-electron chi connectivity index (χ0n) is 7.29. The number of hydrazone groups is 1. The van der Waals surface area contributed by atoms with Gasteiger partial charge in [0.15, 0.2) is 0 Å². The lowest BCUT2D eigenvalue weighted by molar-refractivity contribution is -0.122. The fourth-order valence-corrected chi connectivity index (χ4v) is 1.11. The first-order valence-corrected chi connectivity index (χ1v) is 3.82. The number of nitrogens with two attached hydrogens (primary N) is 2. The largest absolute Gasteiger partial charge is 0.369 e. The van der Waals surface area contributed by atoms with E-state index in [-0.39, 0.29) is 23.2 Å². The van der Waals surface area contributed by atoms with E-state index in [0.717, 1.165) is 6.42 Å². The summed E-state index contributed by atoms with van der Waals surface area (Å²) in [6.07, 6.45) is 0.902. The summed E-state index contributed by atoms with van der Waals surface area (Å²) in [5.41, 5.74) is 12.5. The molecule has 0 aromatic heterocycles. The molecule has 0 aliphatic heterocycles. The molecule has 1 fully saturated rings. The Balaban J connectivity index is 2.37. The average Bonchev–Trinajstić information content (AvgIpc) is 2.55. The summed E-state index contributed by atoms with van der Waals surface area (Å²) in [5.74, 6) is -0.171. The van der Waals surface area contributed by atoms with Gasteiger partial charge in [0.05, 0.1) is 0 Å². The summed E-state index contributed by atoms with van der Waals surface area (Å²) in [4.78, 5) is 11.2. The van der Waals surface area contributed by atoms with Gasteiger partial charge >= 0.3 is 0 Å². The Kier molecular flexibility index (Phi) is 1.95. The summed E-state index contributed by atoms with van der Waals surface area (Å²) in [5, 5.41) is 3.42. The first-order chi connectivity index (χ1) is 5.43. The second-order valence-electron chi connectivity index (χ2n) is 3.76. The molecule has 5 nitrogen and oxygen atoms in total. The summed E-state index contributed by atoms with van der Waals surface area (Å²) in [7, 11) is 0. The van der Waals surface area contributed by atoms with E-state index in [4.69, 9.17) is 11.5 Å². The molecule has 1 saturated carbocycles. The van der Waals surface area contributed by atoms with Crippen molar-refractivity contribution in [2.75, 3.05) is 0 Å². The van der Waals surface area contributed by atoms with Gasteiger partial charge in [0.25, 0.3) is 0 Å². The molecule has 0 aromatic carbocycles. The Hall–Kier alpha value is -1.26. The fourth-order valence-electron chi connectivity index (χ4n) is 1.11. The minimum absolute atomic E-state index is 0.0561. The number of carbonyl (C=O) groups is 1. The highest BCUT2D eigenvalue weighted by atomic mass is 16.2. The first kappa shape index (κ1) is 8.83. The molecule has 68 valence electrons. The van der Waals surface area contributed by atoms with Crippen molar-refractivity contribution < 1.29 is 4.79 Å². The van der Waals surface area contributed by atoms with Crippen molar-refractivity contribution in [2.45, 2.75) is 20.3 Å². The second kappa shape index (κ2) is 2.66. The molecule has 0 bridgehead atoms. The normalized spacial score (nSPS) is 24.3. The van der Waals surface area contributed by atoms with Crippen LogP contribution in [0.5, 0.6) is 0 Å². The number of guanidine groups is 1. The molecule has 1 amide bonds. The number of carbonyl (C=O) groups excluding carboxylic acids is 1. The molecule has 0 heterocycles. The molecule has 0 saturated heterocycles. The van der Waals surface area contributed by atoms with Gasteiger partial charge in [-0.2, -0.15) is 0 Å². The third-order valence-electron chi connectivity index (χ3n) is 2.13. The van der Waals surface area contributed by atoms with E-state index in [1.165, 1.54) is 0 Å². The molecule has 1 aliphatic carbocycles. The van der Waals surface area contributed by atoms with Crippen LogP contribution in [0.4, 0.5) is 0 Å². The topological polar surface area (TPSA) is 93.5 Å². The Bertz CT molecular complexity index is 230. The highest BCUT2D eigenvalue weighted by molar-refractivity contribution is 5.84. The van der Waals surface area contributed by atoms with Crippen LogP contribution < -0.4 is 16.9 Å². The van der Waals surface area contributed by atoms with Crippen molar-refractivity contribution in [3.05, 3.63) is 0 Å². The third-order valence-corrected chi connectivity index (χ3v) is 2.13. The first-order valence-electron chi connectivity index (χ1n) is 3.82. The summed E-state index contributed by atoms with van der Waals surface area (Å²) in [6.45, 7) is 4.07. The van der Waals surface area contributed by atoms with Crippen molar-refractivity contribution in [2.24, 2.45) is 27.9 Å². The zero-order chi connectivity index (χ0) is 9.35. The molecule has 5 heteroatoms. The van der Waals surface area contributed by atoms with Crippen LogP contribution in [-0.2, 0) is 4.79 Å². The number of nitrogens with one attached hydrogen (secondary N) is 1. The molecule has 5 N–H and O–H groups in total. The van der Waals surface area contributed by atoms with Gasteiger partial charge in [-0.15, -0.1) is 5.10 Å². The maximum atomic E-state index is 11.2. The lowest BCUT2D eigenvalue weighted by Crippen LogP contribution is -2.30. The summed E-state index contributed by atoms with van der Waals surface area (Å²) < 4.78 is 0. The maximum Gasteiger partial charge on any atom is 0.243 e. The fraction of sp³-hybridized carbons (Fsp3) is 0.714. The smallest absolute Gasteiger partial charge is 0.243 e. The van der Waals surface area contributed by atoms with Crippen molar-refractivity contribution >= 4 is 11.9 Å². The Morgan fingerprint density at radius 1 is 1.58 bits per heavy atom. The zero-order valence-corrected chi connectivity index (χ0v) is 7.29. The summed E-state index contributed by atoms with van der Waals surface area (Å²) in [6, 6.07) is 0. The quantitative estimate of drug-likeness (QED) is 0.291. The van der Waals surface area contributed by atoms with E-state index in [9.17, 15) is 4.79 Å². The van der Waals surface area contributed by atoms with E-state index < -0.39 is 0 Å². The number of nitrogens with zero attached hydrogens (tertiary/aromatic N) is 1. The van der Waals surface area contributed by atoms with Crippen LogP contribution in [0.15, 0.2) is 5.10 Å². The third kappa shape index (κ3) is 1.87.